The van der Waals surface area contributed by atoms with Crippen molar-refractivity contribution in [3.05, 3.63) is 35.4 Å². The van der Waals surface area contributed by atoms with Crippen molar-refractivity contribution in [1.82, 2.24) is 0 Å². The fraction of sp³-hybridized carbons (Fsp3) is 0.500. The SMILES string of the molecule is CC(N)C1CC1c1cccc(C(F)(F)F)c1. The van der Waals surface area contributed by atoms with Gasteiger partial charge in [0.15, 0.2) is 0 Å². The molecular formula is C12H14F3N. The molecule has 0 bridgehead atoms. The summed E-state index contributed by atoms with van der Waals surface area (Å²) in [5.41, 5.74) is 5.92. The van der Waals surface area contributed by atoms with Gasteiger partial charge in [0, 0.05) is 6.04 Å². The van der Waals surface area contributed by atoms with Gasteiger partial charge in [-0.3, -0.25) is 0 Å². The quantitative estimate of drug-likeness (QED) is 0.828. The molecule has 1 aromatic carbocycles. The second-order valence-electron chi connectivity index (χ2n) is 4.49. The van der Waals surface area contributed by atoms with E-state index < -0.39 is 11.7 Å². The van der Waals surface area contributed by atoms with Gasteiger partial charge in [-0.1, -0.05) is 18.2 Å². The first-order valence-corrected chi connectivity index (χ1v) is 5.32. The van der Waals surface area contributed by atoms with Crippen molar-refractivity contribution in [3.8, 4) is 0 Å². The summed E-state index contributed by atoms with van der Waals surface area (Å²) in [6, 6.07) is 5.62. The van der Waals surface area contributed by atoms with Crippen molar-refractivity contribution in [2.75, 3.05) is 0 Å². The average molecular weight is 229 g/mol. The largest absolute Gasteiger partial charge is 0.416 e. The molecule has 1 saturated carbocycles. The molecule has 0 radical (unpaired) electrons. The van der Waals surface area contributed by atoms with Crippen LogP contribution in [0.5, 0.6) is 0 Å². The predicted molar refractivity (Wildman–Crippen MR) is 55.9 cm³/mol. The average Bonchev–Trinajstić information content (AvgIpc) is 2.96. The lowest BCUT2D eigenvalue weighted by Gasteiger charge is -2.09. The normalized spacial score (nSPS) is 26.6. The molecular weight excluding hydrogens is 215 g/mol. The number of rotatable bonds is 2. The standard InChI is InChI=1S/C12H14F3N/c1-7(16)10-6-11(10)8-3-2-4-9(5-8)12(13,14)15/h2-5,7,10-11H,6,16H2,1H3. The highest BCUT2D eigenvalue weighted by Crippen LogP contribution is 2.49. The van der Waals surface area contributed by atoms with Crippen molar-refractivity contribution < 1.29 is 13.2 Å². The highest BCUT2D eigenvalue weighted by molar-refractivity contribution is 5.32. The first kappa shape index (κ1) is 11.5. The van der Waals surface area contributed by atoms with Gasteiger partial charge in [-0.05, 0) is 36.8 Å². The van der Waals surface area contributed by atoms with E-state index in [1.165, 1.54) is 12.1 Å². The number of nitrogens with two attached hydrogens (primary N) is 1. The van der Waals surface area contributed by atoms with Crippen LogP contribution in [0.1, 0.15) is 30.4 Å². The molecule has 88 valence electrons. The van der Waals surface area contributed by atoms with Crippen molar-refractivity contribution >= 4 is 0 Å². The number of hydrogen-bond donors (Lipinski definition) is 1. The van der Waals surface area contributed by atoms with Crippen molar-refractivity contribution in [2.24, 2.45) is 11.7 Å². The van der Waals surface area contributed by atoms with E-state index >= 15 is 0 Å². The Morgan fingerprint density at radius 2 is 2.06 bits per heavy atom. The topological polar surface area (TPSA) is 26.0 Å². The molecule has 1 fully saturated rings. The number of hydrogen-bond acceptors (Lipinski definition) is 1. The molecule has 2 rings (SSSR count). The summed E-state index contributed by atoms with van der Waals surface area (Å²) < 4.78 is 37.4. The van der Waals surface area contributed by atoms with Gasteiger partial charge in [0.05, 0.1) is 5.56 Å². The molecule has 0 aromatic heterocycles. The Balaban J connectivity index is 2.19. The van der Waals surface area contributed by atoms with E-state index in [0.29, 0.717) is 5.92 Å². The Bertz CT molecular complexity index is 384. The zero-order valence-corrected chi connectivity index (χ0v) is 8.96. The molecule has 3 unspecified atom stereocenters. The molecule has 0 aliphatic heterocycles. The monoisotopic (exact) mass is 229 g/mol. The van der Waals surface area contributed by atoms with Gasteiger partial charge < -0.3 is 5.73 Å². The van der Waals surface area contributed by atoms with E-state index in [2.05, 4.69) is 0 Å². The van der Waals surface area contributed by atoms with Crippen molar-refractivity contribution in [2.45, 2.75) is 31.5 Å². The Labute approximate surface area is 92.5 Å². The molecule has 1 aromatic rings. The highest BCUT2D eigenvalue weighted by Gasteiger charge is 2.41. The van der Waals surface area contributed by atoms with Crippen LogP contribution in [0, 0.1) is 5.92 Å². The third-order valence-corrected chi connectivity index (χ3v) is 3.16. The first-order chi connectivity index (χ1) is 7.39. The van der Waals surface area contributed by atoms with Crippen LogP contribution in [-0.2, 0) is 6.18 Å². The minimum atomic E-state index is -4.26. The maximum atomic E-state index is 12.5. The highest BCUT2D eigenvalue weighted by atomic mass is 19.4. The van der Waals surface area contributed by atoms with Gasteiger partial charge in [-0.15, -0.1) is 0 Å². The fourth-order valence-electron chi connectivity index (χ4n) is 2.12. The summed E-state index contributed by atoms with van der Waals surface area (Å²) in [7, 11) is 0. The Morgan fingerprint density at radius 3 is 2.56 bits per heavy atom. The number of alkyl halides is 3. The third kappa shape index (κ3) is 2.21. The number of benzene rings is 1. The molecule has 4 heteroatoms. The van der Waals surface area contributed by atoms with E-state index in [1.807, 2.05) is 6.92 Å². The van der Waals surface area contributed by atoms with Crippen LogP contribution in [0.2, 0.25) is 0 Å². The summed E-state index contributed by atoms with van der Waals surface area (Å²) >= 11 is 0. The lowest BCUT2D eigenvalue weighted by molar-refractivity contribution is -0.137. The molecule has 1 aliphatic carbocycles. The van der Waals surface area contributed by atoms with E-state index in [-0.39, 0.29) is 12.0 Å². The van der Waals surface area contributed by atoms with Gasteiger partial charge in [-0.2, -0.15) is 13.2 Å². The van der Waals surface area contributed by atoms with Gasteiger partial charge in [0.25, 0.3) is 0 Å². The molecule has 1 nitrogen and oxygen atoms in total. The second kappa shape index (κ2) is 3.77. The summed E-state index contributed by atoms with van der Waals surface area (Å²) in [6.07, 6.45) is -3.35. The molecule has 16 heavy (non-hydrogen) atoms. The van der Waals surface area contributed by atoms with Crippen LogP contribution >= 0.6 is 0 Å². The van der Waals surface area contributed by atoms with E-state index in [0.717, 1.165) is 18.1 Å². The van der Waals surface area contributed by atoms with Crippen LogP contribution in [0.25, 0.3) is 0 Å². The smallest absolute Gasteiger partial charge is 0.328 e. The summed E-state index contributed by atoms with van der Waals surface area (Å²) in [5.74, 6) is 0.547. The molecule has 2 N–H and O–H groups in total. The molecule has 1 aliphatic rings. The van der Waals surface area contributed by atoms with Gasteiger partial charge in [0.1, 0.15) is 0 Å². The van der Waals surface area contributed by atoms with E-state index in [9.17, 15) is 13.2 Å². The Hall–Kier alpha value is -1.03. The van der Waals surface area contributed by atoms with E-state index in [1.54, 1.807) is 6.07 Å². The second-order valence-corrected chi connectivity index (χ2v) is 4.49. The Morgan fingerprint density at radius 1 is 1.38 bits per heavy atom. The Kier molecular flexibility index (Phi) is 2.70. The minimum Gasteiger partial charge on any atom is -0.328 e. The molecule has 0 amide bonds. The molecule has 0 spiro atoms. The van der Waals surface area contributed by atoms with E-state index in [4.69, 9.17) is 5.73 Å². The summed E-state index contributed by atoms with van der Waals surface area (Å²) in [5, 5.41) is 0. The van der Waals surface area contributed by atoms with Crippen LogP contribution in [0.3, 0.4) is 0 Å². The van der Waals surface area contributed by atoms with Crippen LogP contribution < -0.4 is 5.73 Å². The van der Waals surface area contributed by atoms with Crippen LogP contribution in [-0.4, -0.2) is 6.04 Å². The first-order valence-electron chi connectivity index (χ1n) is 5.32. The molecule has 3 atom stereocenters. The third-order valence-electron chi connectivity index (χ3n) is 3.16. The van der Waals surface area contributed by atoms with Crippen LogP contribution in [0.4, 0.5) is 13.2 Å². The van der Waals surface area contributed by atoms with Gasteiger partial charge >= 0.3 is 6.18 Å². The zero-order valence-electron chi connectivity index (χ0n) is 8.96. The molecule has 0 saturated heterocycles. The van der Waals surface area contributed by atoms with Crippen molar-refractivity contribution in [3.63, 3.8) is 0 Å². The fourth-order valence-corrected chi connectivity index (χ4v) is 2.12. The van der Waals surface area contributed by atoms with Gasteiger partial charge in [0.2, 0.25) is 0 Å². The maximum Gasteiger partial charge on any atom is 0.416 e. The number of halogens is 3. The zero-order chi connectivity index (χ0) is 11.9. The molecule has 0 heterocycles. The van der Waals surface area contributed by atoms with Crippen LogP contribution in [0.15, 0.2) is 24.3 Å². The van der Waals surface area contributed by atoms with Gasteiger partial charge in [-0.25, -0.2) is 0 Å². The lowest BCUT2D eigenvalue weighted by atomic mass is 10.0. The summed E-state index contributed by atoms with van der Waals surface area (Å²) in [6.45, 7) is 1.90. The lowest BCUT2D eigenvalue weighted by Crippen LogP contribution is -2.18. The maximum absolute atomic E-state index is 12.5. The predicted octanol–water partition coefficient (Wildman–Crippen LogP) is 3.16. The summed E-state index contributed by atoms with van der Waals surface area (Å²) in [4.78, 5) is 0. The minimum absolute atomic E-state index is 0.0551. The van der Waals surface area contributed by atoms with Crippen molar-refractivity contribution in [1.29, 1.82) is 0 Å².